The van der Waals surface area contributed by atoms with Crippen LogP contribution in [0, 0.1) is 17.0 Å². The highest BCUT2D eigenvalue weighted by atomic mass is 32.2. The van der Waals surface area contributed by atoms with E-state index in [0.717, 1.165) is 0 Å². The van der Waals surface area contributed by atoms with Crippen molar-refractivity contribution in [1.29, 1.82) is 0 Å². The molecule has 0 aliphatic rings. The van der Waals surface area contributed by atoms with Crippen molar-refractivity contribution < 1.29 is 13.9 Å². The summed E-state index contributed by atoms with van der Waals surface area (Å²) in [6, 6.07) is 6.52. The number of benzene rings is 1. The summed E-state index contributed by atoms with van der Waals surface area (Å²) in [6.45, 7) is 3.56. The molecule has 122 valence electrons. The summed E-state index contributed by atoms with van der Waals surface area (Å²) in [5, 5.41) is 17.8. The number of nitro groups is 1. The molecule has 0 saturated heterocycles. The molecule has 0 bridgehead atoms. The van der Waals surface area contributed by atoms with Crippen molar-refractivity contribution in [1.82, 2.24) is 9.78 Å². The summed E-state index contributed by atoms with van der Waals surface area (Å²) >= 11 is 0. The standard InChI is InChI=1S/C14H16N4O4S/c1-4-17-13(12(18(20)21)9(2)16-17)14(19)15-10-6-5-7-11(8-10)23(3)22/h5-8H,4H2,1-3H3,(H,15,19)/t23-/m0/s1. The lowest BCUT2D eigenvalue weighted by Crippen LogP contribution is -2.18. The predicted octanol–water partition coefficient (Wildman–Crippen LogP) is 2.11. The van der Waals surface area contributed by atoms with Gasteiger partial charge in [-0.3, -0.25) is 23.8 Å². The molecule has 2 aromatic rings. The van der Waals surface area contributed by atoms with E-state index in [1.165, 1.54) is 17.9 Å². The van der Waals surface area contributed by atoms with E-state index >= 15 is 0 Å². The van der Waals surface area contributed by atoms with E-state index in [1.54, 1.807) is 31.2 Å². The van der Waals surface area contributed by atoms with Crippen molar-refractivity contribution in [3.63, 3.8) is 0 Å². The van der Waals surface area contributed by atoms with Crippen LogP contribution in [0.15, 0.2) is 29.2 Å². The van der Waals surface area contributed by atoms with Gasteiger partial charge < -0.3 is 5.32 Å². The molecule has 8 nitrogen and oxygen atoms in total. The molecule has 1 aromatic carbocycles. The summed E-state index contributed by atoms with van der Waals surface area (Å²) in [6.07, 6.45) is 1.53. The Morgan fingerprint density at radius 2 is 2.17 bits per heavy atom. The molecule has 1 aromatic heterocycles. The molecule has 1 amide bonds. The molecular weight excluding hydrogens is 320 g/mol. The number of rotatable bonds is 5. The van der Waals surface area contributed by atoms with Crippen LogP contribution in [0.25, 0.3) is 0 Å². The van der Waals surface area contributed by atoms with Gasteiger partial charge in [0.15, 0.2) is 0 Å². The molecule has 9 heteroatoms. The fourth-order valence-corrected chi connectivity index (χ4v) is 2.75. The van der Waals surface area contributed by atoms with Crippen LogP contribution in [0.2, 0.25) is 0 Å². The largest absolute Gasteiger partial charge is 0.322 e. The molecule has 1 N–H and O–H groups in total. The van der Waals surface area contributed by atoms with Crippen LogP contribution < -0.4 is 5.32 Å². The SMILES string of the molecule is CCn1nc(C)c([N+](=O)[O-])c1C(=O)Nc1cccc([S@](C)=O)c1. The number of nitrogens with zero attached hydrogens (tertiary/aromatic N) is 3. The number of hydrogen-bond acceptors (Lipinski definition) is 5. The second kappa shape index (κ2) is 6.69. The number of carbonyl (C=O) groups is 1. The molecule has 1 atom stereocenters. The molecule has 0 saturated carbocycles. The maximum absolute atomic E-state index is 12.5. The van der Waals surface area contributed by atoms with Crippen molar-refractivity contribution in [3.8, 4) is 0 Å². The number of carbonyl (C=O) groups excluding carboxylic acids is 1. The number of anilines is 1. The number of nitrogens with one attached hydrogen (secondary N) is 1. The molecule has 0 spiro atoms. The van der Waals surface area contributed by atoms with Crippen LogP contribution in [-0.2, 0) is 17.3 Å². The third-order valence-corrected chi connectivity index (χ3v) is 4.13. The van der Waals surface area contributed by atoms with Crippen LogP contribution in [0.4, 0.5) is 11.4 Å². The summed E-state index contributed by atoms with van der Waals surface area (Å²) in [4.78, 5) is 23.6. The molecule has 0 aliphatic heterocycles. The van der Waals surface area contributed by atoms with Crippen molar-refractivity contribution >= 4 is 28.1 Å². The van der Waals surface area contributed by atoms with Gasteiger partial charge in [0.2, 0.25) is 5.69 Å². The summed E-state index contributed by atoms with van der Waals surface area (Å²) in [7, 11) is -1.19. The minimum Gasteiger partial charge on any atom is -0.320 e. The maximum atomic E-state index is 12.5. The molecule has 0 aliphatic carbocycles. The zero-order chi connectivity index (χ0) is 17.1. The van der Waals surface area contributed by atoms with Gasteiger partial charge in [0, 0.05) is 34.2 Å². The monoisotopic (exact) mass is 336 g/mol. The highest BCUT2D eigenvalue weighted by molar-refractivity contribution is 7.84. The fourth-order valence-electron chi connectivity index (χ4n) is 2.19. The van der Waals surface area contributed by atoms with E-state index in [2.05, 4.69) is 10.4 Å². The van der Waals surface area contributed by atoms with Gasteiger partial charge in [0.1, 0.15) is 5.69 Å². The van der Waals surface area contributed by atoms with Gasteiger partial charge in [0.25, 0.3) is 5.91 Å². The number of amides is 1. The van der Waals surface area contributed by atoms with Crippen LogP contribution in [0.1, 0.15) is 23.1 Å². The van der Waals surface area contributed by atoms with E-state index in [4.69, 9.17) is 0 Å². The molecule has 0 fully saturated rings. The van der Waals surface area contributed by atoms with Gasteiger partial charge in [0.05, 0.1) is 4.92 Å². The zero-order valence-electron chi connectivity index (χ0n) is 12.9. The first-order chi connectivity index (χ1) is 10.8. The number of aryl methyl sites for hydroxylation is 2. The third-order valence-electron chi connectivity index (χ3n) is 3.22. The van der Waals surface area contributed by atoms with E-state index in [9.17, 15) is 19.1 Å². The first-order valence-corrected chi connectivity index (χ1v) is 8.37. The molecule has 1 heterocycles. The molecule has 0 radical (unpaired) electrons. The minimum atomic E-state index is -1.19. The van der Waals surface area contributed by atoms with Crippen molar-refractivity contribution in [3.05, 3.63) is 45.8 Å². The van der Waals surface area contributed by atoms with Gasteiger partial charge in [-0.25, -0.2) is 0 Å². The second-order valence-electron chi connectivity index (χ2n) is 4.79. The van der Waals surface area contributed by atoms with Crippen molar-refractivity contribution in [2.45, 2.75) is 25.3 Å². The smallest absolute Gasteiger partial charge is 0.320 e. The maximum Gasteiger partial charge on any atom is 0.322 e. The van der Waals surface area contributed by atoms with Crippen LogP contribution >= 0.6 is 0 Å². The Morgan fingerprint density at radius 1 is 1.48 bits per heavy atom. The minimum absolute atomic E-state index is 0.0991. The first kappa shape index (κ1) is 16.8. The Hall–Kier alpha value is -2.55. The quantitative estimate of drug-likeness (QED) is 0.664. The van der Waals surface area contributed by atoms with Gasteiger partial charge in [-0.2, -0.15) is 5.10 Å². The van der Waals surface area contributed by atoms with Gasteiger partial charge in [-0.1, -0.05) is 6.07 Å². The van der Waals surface area contributed by atoms with Gasteiger partial charge in [-0.05, 0) is 32.0 Å². The van der Waals surface area contributed by atoms with Crippen molar-refractivity contribution in [2.75, 3.05) is 11.6 Å². The first-order valence-electron chi connectivity index (χ1n) is 6.81. The normalized spacial score (nSPS) is 12.0. The highest BCUT2D eigenvalue weighted by Gasteiger charge is 2.30. The lowest BCUT2D eigenvalue weighted by Gasteiger charge is -2.07. The van der Waals surface area contributed by atoms with Gasteiger partial charge in [-0.15, -0.1) is 0 Å². The van der Waals surface area contributed by atoms with Crippen LogP contribution in [-0.4, -0.2) is 31.1 Å². The van der Waals surface area contributed by atoms with E-state index in [-0.39, 0.29) is 17.1 Å². The highest BCUT2D eigenvalue weighted by Crippen LogP contribution is 2.24. The fraction of sp³-hybridized carbons (Fsp3) is 0.286. The third kappa shape index (κ3) is 3.45. The Kier molecular flexibility index (Phi) is 4.89. The zero-order valence-corrected chi connectivity index (χ0v) is 13.7. The summed E-state index contributed by atoms with van der Waals surface area (Å²) in [5.74, 6) is -0.627. The Bertz CT molecular complexity index is 800. The molecule has 0 unspecified atom stereocenters. The Labute approximate surface area is 135 Å². The lowest BCUT2D eigenvalue weighted by molar-refractivity contribution is -0.385. The summed E-state index contributed by atoms with van der Waals surface area (Å²) < 4.78 is 12.8. The van der Waals surface area contributed by atoms with Crippen molar-refractivity contribution in [2.24, 2.45) is 0 Å². The van der Waals surface area contributed by atoms with Crippen LogP contribution in [0.3, 0.4) is 0 Å². The number of aromatic nitrogens is 2. The van der Waals surface area contributed by atoms with E-state index in [1.807, 2.05) is 0 Å². The lowest BCUT2D eigenvalue weighted by atomic mass is 10.2. The summed E-state index contributed by atoms with van der Waals surface area (Å²) in [5.41, 5.74) is 0.196. The average Bonchev–Trinajstić information content (AvgIpc) is 2.84. The molecular formula is C14H16N4O4S. The van der Waals surface area contributed by atoms with E-state index < -0.39 is 21.6 Å². The predicted molar refractivity (Wildman–Crippen MR) is 86.0 cm³/mol. The average molecular weight is 336 g/mol. The Morgan fingerprint density at radius 3 is 2.74 bits per heavy atom. The van der Waals surface area contributed by atoms with Gasteiger partial charge >= 0.3 is 5.69 Å². The topological polar surface area (TPSA) is 107 Å². The van der Waals surface area contributed by atoms with E-state index in [0.29, 0.717) is 17.1 Å². The molecule has 23 heavy (non-hydrogen) atoms. The second-order valence-corrected chi connectivity index (χ2v) is 6.17. The molecule has 2 rings (SSSR count). The van der Waals surface area contributed by atoms with Crippen LogP contribution in [0.5, 0.6) is 0 Å². The Balaban J connectivity index is 2.40. The number of hydrogen-bond donors (Lipinski definition) is 1.